The van der Waals surface area contributed by atoms with E-state index in [9.17, 15) is 4.79 Å². The average molecular weight is 317 g/mol. The van der Waals surface area contributed by atoms with Crippen molar-refractivity contribution < 1.29 is 9.53 Å². The number of benzene rings is 2. The Bertz CT molecular complexity index is 664. The van der Waals surface area contributed by atoms with Crippen LogP contribution in [0.4, 0.5) is 0 Å². The van der Waals surface area contributed by atoms with E-state index in [1.54, 1.807) is 31.4 Å². The van der Waals surface area contributed by atoms with Crippen molar-refractivity contribution in [3.63, 3.8) is 0 Å². The second kappa shape index (κ2) is 7.61. The van der Waals surface area contributed by atoms with Crippen molar-refractivity contribution in [1.82, 2.24) is 5.43 Å². The Morgan fingerprint density at radius 1 is 1.09 bits per heavy atom. The quantitative estimate of drug-likeness (QED) is 0.672. The van der Waals surface area contributed by atoms with E-state index in [0.29, 0.717) is 17.0 Å². The summed E-state index contributed by atoms with van der Waals surface area (Å²) in [5.41, 5.74) is 4.82. The average Bonchev–Trinajstić information content (AvgIpc) is 2.56. The number of rotatable bonds is 5. The maximum absolute atomic E-state index is 12.0. The molecule has 4 nitrogen and oxygen atoms in total. The Morgan fingerprint density at radius 2 is 1.68 bits per heavy atom. The van der Waals surface area contributed by atoms with Gasteiger partial charge >= 0.3 is 0 Å². The number of hydrogen-bond donors (Lipinski definition) is 1. The molecule has 0 aliphatic carbocycles. The van der Waals surface area contributed by atoms with Crippen LogP contribution in [0, 0.1) is 0 Å². The fraction of sp³-hybridized carbons (Fsp3) is 0.176. The highest BCUT2D eigenvalue weighted by molar-refractivity contribution is 6.30. The molecule has 1 N–H and O–H groups in total. The maximum atomic E-state index is 12.0. The number of halogens is 1. The molecular formula is C17H17ClN2O2. The molecule has 1 amide bonds. The molecule has 0 spiro atoms. The number of nitrogens with one attached hydrogen (secondary N) is 1. The number of ether oxygens (including phenoxy) is 1. The summed E-state index contributed by atoms with van der Waals surface area (Å²) in [6.45, 7) is 1.98. The van der Waals surface area contributed by atoms with Crippen LogP contribution in [0.25, 0.3) is 0 Å². The molecule has 0 aliphatic rings. The van der Waals surface area contributed by atoms with E-state index in [2.05, 4.69) is 10.5 Å². The number of carbonyl (C=O) groups excluding carboxylic acids is 1. The van der Waals surface area contributed by atoms with Crippen LogP contribution in [-0.4, -0.2) is 18.7 Å². The fourth-order valence-corrected chi connectivity index (χ4v) is 2.04. The molecular weight excluding hydrogens is 300 g/mol. The molecule has 2 aromatic carbocycles. The molecule has 2 aromatic rings. The van der Waals surface area contributed by atoms with Crippen molar-refractivity contribution in [2.45, 2.75) is 13.3 Å². The van der Waals surface area contributed by atoms with Crippen molar-refractivity contribution in [2.24, 2.45) is 5.10 Å². The predicted molar refractivity (Wildman–Crippen MR) is 88.7 cm³/mol. The van der Waals surface area contributed by atoms with E-state index in [0.717, 1.165) is 17.0 Å². The lowest BCUT2D eigenvalue weighted by Gasteiger charge is -2.06. The highest BCUT2D eigenvalue weighted by atomic mass is 35.5. The zero-order chi connectivity index (χ0) is 15.9. The first-order valence-corrected chi connectivity index (χ1v) is 7.28. The summed E-state index contributed by atoms with van der Waals surface area (Å²) in [6, 6.07) is 14.2. The second-order valence-corrected chi connectivity index (χ2v) is 5.02. The van der Waals surface area contributed by atoms with Crippen molar-refractivity contribution in [2.75, 3.05) is 7.11 Å². The van der Waals surface area contributed by atoms with Crippen molar-refractivity contribution in [3.05, 3.63) is 64.7 Å². The van der Waals surface area contributed by atoms with Gasteiger partial charge in [0.05, 0.1) is 12.8 Å². The molecule has 2 rings (SSSR count). The summed E-state index contributed by atoms with van der Waals surface area (Å²) >= 11 is 5.80. The molecule has 0 unspecified atom stereocenters. The Labute approximate surface area is 134 Å². The Balaban J connectivity index is 2.11. The van der Waals surface area contributed by atoms with Gasteiger partial charge in [-0.1, -0.05) is 18.5 Å². The van der Waals surface area contributed by atoms with E-state index in [-0.39, 0.29) is 5.91 Å². The van der Waals surface area contributed by atoms with E-state index >= 15 is 0 Å². The minimum atomic E-state index is -0.267. The molecule has 114 valence electrons. The van der Waals surface area contributed by atoms with E-state index in [1.807, 2.05) is 31.2 Å². The Morgan fingerprint density at radius 3 is 2.23 bits per heavy atom. The molecule has 0 saturated heterocycles. The van der Waals surface area contributed by atoms with Crippen LogP contribution in [0.3, 0.4) is 0 Å². The third-order valence-electron chi connectivity index (χ3n) is 3.16. The molecule has 0 aliphatic heterocycles. The lowest BCUT2D eigenvalue weighted by Crippen LogP contribution is -2.19. The number of amides is 1. The van der Waals surface area contributed by atoms with Gasteiger partial charge in [0.1, 0.15) is 5.75 Å². The molecule has 0 radical (unpaired) electrons. The number of nitrogens with zero attached hydrogens (tertiary/aromatic N) is 1. The first-order valence-electron chi connectivity index (χ1n) is 6.91. The van der Waals surface area contributed by atoms with Gasteiger partial charge in [0, 0.05) is 10.6 Å². The van der Waals surface area contributed by atoms with Gasteiger partial charge in [-0.3, -0.25) is 4.79 Å². The third kappa shape index (κ3) is 4.09. The monoisotopic (exact) mass is 316 g/mol. The number of hydrazone groups is 1. The zero-order valence-corrected chi connectivity index (χ0v) is 13.2. The first-order chi connectivity index (χ1) is 10.6. The standard InChI is InChI=1S/C17H17ClN2O2/c1-3-16(12-6-10-15(22-2)11-7-12)19-20-17(21)13-4-8-14(18)9-5-13/h4-11H,3H2,1-2H3,(H,20,21). The normalized spacial score (nSPS) is 11.1. The Kier molecular flexibility index (Phi) is 5.55. The largest absolute Gasteiger partial charge is 0.497 e. The summed E-state index contributed by atoms with van der Waals surface area (Å²) < 4.78 is 5.13. The molecule has 22 heavy (non-hydrogen) atoms. The second-order valence-electron chi connectivity index (χ2n) is 4.59. The van der Waals surface area contributed by atoms with Gasteiger partial charge in [-0.15, -0.1) is 0 Å². The predicted octanol–water partition coefficient (Wildman–Crippen LogP) is 3.89. The molecule has 0 atom stereocenters. The topological polar surface area (TPSA) is 50.7 Å². The molecule has 0 fully saturated rings. The minimum Gasteiger partial charge on any atom is -0.497 e. The smallest absolute Gasteiger partial charge is 0.271 e. The summed E-state index contributed by atoms with van der Waals surface area (Å²) in [5, 5.41) is 4.80. The maximum Gasteiger partial charge on any atom is 0.271 e. The van der Waals surface area contributed by atoms with Gasteiger partial charge < -0.3 is 4.74 Å². The molecule has 0 bridgehead atoms. The Hall–Kier alpha value is -2.33. The molecule has 0 heterocycles. The summed E-state index contributed by atoms with van der Waals surface area (Å²) in [6.07, 6.45) is 0.702. The van der Waals surface area contributed by atoms with Crippen LogP contribution in [0.15, 0.2) is 53.6 Å². The van der Waals surface area contributed by atoms with Crippen LogP contribution in [0.2, 0.25) is 5.02 Å². The molecule has 5 heteroatoms. The highest BCUT2D eigenvalue weighted by Gasteiger charge is 2.06. The zero-order valence-electron chi connectivity index (χ0n) is 12.5. The van der Waals surface area contributed by atoms with E-state index in [4.69, 9.17) is 16.3 Å². The summed E-state index contributed by atoms with van der Waals surface area (Å²) in [4.78, 5) is 12.0. The van der Waals surface area contributed by atoms with Crippen molar-refractivity contribution in [3.8, 4) is 5.75 Å². The minimum absolute atomic E-state index is 0.267. The van der Waals surface area contributed by atoms with Crippen molar-refractivity contribution in [1.29, 1.82) is 0 Å². The van der Waals surface area contributed by atoms with E-state index in [1.165, 1.54) is 0 Å². The SMILES string of the molecule is CCC(=NNC(=O)c1ccc(Cl)cc1)c1ccc(OC)cc1. The van der Waals surface area contributed by atoms with Crippen LogP contribution in [-0.2, 0) is 0 Å². The number of methoxy groups -OCH3 is 1. The third-order valence-corrected chi connectivity index (χ3v) is 3.41. The fourth-order valence-electron chi connectivity index (χ4n) is 1.92. The van der Waals surface area contributed by atoms with Gasteiger partial charge in [0.2, 0.25) is 0 Å². The van der Waals surface area contributed by atoms with Gasteiger partial charge in [0.15, 0.2) is 0 Å². The lowest BCUT2D eigenvalue weighted by molar-refractivity contribution is 0.0955. The first kappa shape index (κ1) is 16.0. The van der Waals surface area contributed by atoms with Crippen LogP contribution in [0.5, 0.6) is 5.75 Å². The van der Waals surface area contributed by atoms with Gasteiger partial charge in [-0.05, 0) is 60.5 Å². The summed E-state index contributed by atoms with van der Waals surface area (Å²) in [7, 11) is 1.62. The van der Waals surface area contributed by atoms with E-state index < -0.39 is 0 Å². The number of hydrogen-bond acceptors (Lipinski definition) is 3. The summed E-state index contributed by atoms with van der Waals surface area (Å²) in [5.74, 6) is 0.514. The number of carbonyl (C=O) groups is 1. The molecule has 0 saturated carbocycles. The van der Waals surface area contributed by atoms with Gasteiger partial charge in [-0.2, -0.15) is 5.10 Å². The highest BCUT2D eigenvalue weighted by Crippen LogP contribution is 2.13. The lowest BCUT2D eigenvalue weighted by atomic mass is 10.1. The van der Waals surface area contributed by atoms with Crippen LogP contribution >= 0.6 is 11.6 Å². The van der Waals surface area contributed by atoms with Gasteiger partial charge in [-0.25, -0.2) is 5.43 Å². The van der Waals surface area contributed by atoms with Crippen LogP contribution < -0.4 is 10.2 Å². The van der Waals surface area contributed by atoms with Crippen LogP contribution in [0.1, 0.15) is 29.3 Å². The van der Waals surface area contributed by atoms with Crippen molar-refractivity contribution >= 4 is 23.2 Å². The van der Waals surface area contributed by atoms with Gasteiger partial charge in [0.25, 0.3) is 5.91 Å². The molecule has 0 aromatic heterocycles.